The number of nitrogens with zero attached hydrogens (tertiary/aromatic N) is 1. The zero-order valence-electron chi connectivity index (χ0n) is 14.7. The number of nitriles is 1. The lowest BCUT2D eigenvalue weighted by atomic mass is 10.0. The summed E-state index contributed by atoms with van der Waals surface area (Å²) >= 11 is 21.9. The van der Waals surface area contributed by atoms with Crippen LogP contribution < -0.4 is 4.74 Å². The van der Waals surface area contributed by atoms with Gasteiger partial charge in [0, 0.05) is 15.6 Å². The van der Waals surface area contributed by atoms with Gasteiger partial charge in [0.1, 0.15) is 12.4 Å². The minimum Gasteiger partial charge on any atom is -0.486 e. The molecule has 0 spiro atoms. The first-order valence-corrected chi connectivity index (χ1v) is 10.2. The quantitative estimate of drug-likeness (QED) is 0.256. The van der Waals surface area contributed by atoms with E-state index in [9.17, 15) is 9.65 Å². The van der Waals surface area contributed by atoms with E-state index in [1.54, 1.807) is 48.5 Å². The molecule has 0 aliphatic rings. The Balaban J connectivity index is 1.86. The van der Waals surface area contributed by atoms with Gasteiger partial charge in [-0.3, -0.25) is 0 Å². The molecule has 0 bridgehead atoms. The van der Waals surface area contributed by atoms with Crippen LogP contribution >= 0.6 is 50.7 Å². The maximum absolute atomic E-state index is 13.5. The molecule has 29 heavy (non-hydrogen) atoms. The summed E-state index contributed by atoms with van der Waals surface area (Å²) in [5.41, 5.74) is 2.23. The van der Waals surface area contributed by atoms with Crippen LogP contribution in [0.2, 0.25) is 15.1 Å². The van der Waals surface area contributed by atoms with Crippen LogP contribution in [0.1, 0.15) is 16.7 Å². The molecule has 0 amide bonds. The van der Waals surface area contributed by atoms with Gasteiger partial charge in [0.25, 0.3) is 0 Å². The highest BCUT2D eigenvalue weighted by Gasteiger charge is 2.12. The van der Waals surface area contributed by atoms with Crippen LogP contribution in [-0.4, -0.2) is 0 Å². The van der Waals surface area contributed by atoms with Crippen molar-refractivity contribution < 1.29 is 9.13 Å². The molecule has 0 N–H and O–H groups in total. The van der Waals surface area contributed by atoms with Crippen LogP contribution in [-0.2, 0) is 6.61 Å². The second-order valence-corrected chi connectivity index (χ2v) is 8.12. The van der Waals surface area contributed by atoms with Crippen LogP contribution in [0.25, 0.3) is 11.6 Å². The average Bonchev–Trinajstić information content (AvgIpc) is 2.67. The molecule has 7 heteroatoms. The fraction of sp³-hybridized carbons (Fsp3) is 0.0455. The number of benzene rings is 3. The maximum atomic E-state index is 13.5. The number of halogens is 5. The van der Waals surface area contributed by atoms with Gasteiger partial charge in [0.2, 0.25) is 0 Å². The van der Waals surface area contributed by atoms with Crippen LogP contribution in [0, 0.1) is 17.1 Å². The molecule has 0 aliphatic heterocycles. The summed E-state index contributed by atoms with van der Waals surface area (Å²) in [7, 11) is 0. The van der Waals surface area contributed by atoms with E-state index in [0.29, 0.717) is 42.0 Å². The molecule has 0 saturated carbocycles. The van der Waals surface area contributed by atoms with Gasteiger partial charge in [-0.1, -0.05) is 53.0 Å². The normalized spacial score (nSPS) is 11.2. The fourth-order valence-electron chi connectivity index (χ4n) is 2.59. The molecule has 0 unspecified atom stereocenters. The van der Waals surface area contributed by atoms with Gasteiger partial charge in [0.05, 0.1) is 21.1 Å². The van der Waals surface area contributed by atoms with E-state index in [1.165, 1.54) is 12.1 Å². The minimum absolute atomic E-state index is 0.205. The highest BCUT2D eigenvalue weighted by atomic mass is 79.9. The van der Waals surface area contributed by atoms with Crippen molar-refractivity contribution >= 4 is 62.4 Å². The summed E-state index contributed by atoms with van der Waals surface area (Å²) < 4.78 is 19.9. The third-order valence-electron chi connectivity index (χ3n) is 3.97. The van der Waals surface area contributed by atoms with Crippen LogP contribution in [0.3, 0.4) is 0 Å². The molecule has 0 saturated heterocycles. The standard InChI is InChI=1S/C22H12BrCl3FNO/c23-19-7-13(6-16(11-28)14-2-1-3-18(27)9-14)8-21(26)22(19)29-12-15-4-5-17(24)10-20(15)25/h1-10H,12H2/b16-6-. The van der Waals surface area contributed by atoms with E-state index in [-0.39, 0.29) is 6.61 Å². The molecular weight excluding hydrogens is 500 g/mol. The first-order chi connectivity index (χ1) is 13.9. The molecular formula is C22H12BrCl3FNO. The van der Waals surface area contributed by atoms with Crippen molar-refractivity contribution in [3.63, 3.8) is 0 Å². The summed E-state index contributed by atoms with van der Waals surface area (Å²) in [5, 5.41) is 10.8. The van der Waals surface area contributed by atoms with E-state index < -0.39 is 5.82 Å². The highest BCUT2D eigenvalue weighted by Crippen LogP contribution is 2.36. The molecule has 0 radical (unpaired) electrons. The number of hydrogen-bond acceptors (Lipinski definition) is 2. The van der Waals surface area contributed by atoms with E-state index in [4.69, 9.17) is 39.5 Å². The van der Waals surface area contributed by atoms with Crippen LogP contribution in [0.5, 0.6) is 5.75 Å². The zero-order chi connectivity index (χ0) is 21.0. The first-order valence-electron chi connectivity index (χ1n) is 8.31. The largest absolute Gasteiger partial charge is 0.486 e. The van der Waals surface area contributed by atoms with E-state index in [0.717, 1.165) is 5.56 Å². The lowest BCUT2D eigenvalue weighted by Crippen LogP contribution is -1.98. The van der Waals surface area contributed by atoms with E-state index >= 15 is 0 Å². The predicted molar refractivity (Wildman–Crippen MR) is 120 cm³/mol. The topological polar surface area (TPSA) is 33.0 Å². The average molecular weight is 512 g/mol. The van der Waals surface area contributed by atoms with Crippen molar-refractivity contribution in [2.75, 3.05) is 0 Å². The van der Waals surface area contributed by atoms with E-state index in [1.807, 2.05) is 0 Å². The zero-order valence-corrected chi connectivity index (χ0v) is 18.6. The van der Waals surface area contributed by atoms with Crippen LogP contribution in [0.4, 0.5) is 4.39 Å². The Morgan fingerprint density at radius 2 is 1.86 bits per heavy atom. The molecule has 0 heterocycles. The van der Waals surface area contributed by atoms with Gasteiger partial charge in [-0.15, -0.1) is 0 Å². The molecule has 0 aliphatic carbocycles. The molecule has 0 aromatic heterocycles. The monoisotopic (exact) mass is 509 g/mol. The van der Waals surface area contributed by atoms with Gasteiger partial charge in [0.15, 0.2) is 5.75 Å². The van der Waals surface area contributed by atoms with E-state index in [2.05, 4.69) is 22.0 Å². The Labute approximate surface area is 191 Å². The summed E-state index contributed by atoms with van der Waals surface area (Å²) in [6.07, 6.45) is 1.63. The summed E-state index contributed by atoms with van der Waals surface area (Å²) in [6.45, 7) is 0.205. The maximum Gasteiger partial charge on any atom is 0.152 e. The number of allylic oxidation sites excluding steroid dienone is 1. The summed E-state index contributed by atoms with van der Waals surface area (Å²) in [4.78, 5) is 0. The first kappa shape index (κ1) is 21.7. The molecule has 3 aromatic carbocycles. The van der Waals surface area contributed by atoms with Crippen molar-refractivity contribution in [2.24, 2.45) is 0 Å². The number of ether oxygens (including phenoxy) is 1. The second kappa shape index (κ2) is 9.65. The lowest BCUT2D eigenvalue weighted by molar-refractivity contribution is 0.304. The summed E-state index contributed by atoms with van der Waals surface area (Å²) in [5.74, 6) is 0.0339. The molecule has 3 rings (SSSR count). The van der Waals surface area contributed by atoms with Crippen molar-refractivity contribution in [1.29, 1.82) is 5.26 Å². The fourth-order valence-corrected chi connectivity index (χ4v) is 4.04. The Morgan fingerprint density at radius 3 is 2.52 bits per heavy atom. The number of hydrogen-bond donors (Lipinski definition) is 0. The number of rotatable bonds is 5. The van der Waals surface area contributed by atoms with Gasteiger partial charge in [-0.05, 0) is 69.5 Å². The van der Waals surface area contributed by atoms with Crippen molar-refractivity contribution in [1.82, 2.24) is 0 Å². The second-order valence-electron chi connectivity index (χ2n) is 6.02. The van der Waals surface area contributed by atoms with Crippen molar-refractivity contribution in [2.45, 2.75) is 6.61 Å². The molecule has 146 valence electrons. The van der Waals surface area contributed by atoms with Gasteiger partial charge in [-0.25, -0.2) is 4.39 Å². The molecule has 0 atom stereocenters. The SMILES string of the molecule is N#C/C(=C/c1cc(Cl)c(OCc2ccc(Cl)cc2Cl)c(Br)c1)c1cccc(F)c1. The highest BCUT2D eigenvalue weighted by molar-refractivity contribution is 9.10. The molecule has 2 nitrogen and oxygen atoms in total. The summed E-state index contributed by atoms with van der Waals surface area (Å²) in [6, 6.07) is 16.5. The third-order valence-corrected chi connectivity index (χ3v) is 5.43. The van der Waals surface area contributed by atoms with Gasteiger partial charge >= 0.3 is 0 Å². The smallest absolute Gasteiger partial charge is 0.152 e. The van der Waals surface area contributed by atoms with Crippen molar-refractivity contribution in [3.05, 3.63) is 96.6 Å². The lowest BCUT2D eigenvalue weighted by Gasteiger charge is -2.12. The third kappa shape index (κ3) is 5.52. The Morgan fingerprint density at radius 1 is 1.07 bits per heavy atom. The van der Waals surface area contributed by atoms with Gasteiger partial charge in [-0.2, -0.15) is 5.26 Å². The van der Waals surface area contributed by atoms with Crippen molar-refractivity contribution in [3.8, 4) is 11.8 Å². The minimum atomic E-state index is -0.410. The Hall–Kier alpha value is -2.03. The molecule has 3 aromatic rings. The Kier molecular flexibility index (Phi) is 7.21. The predicted octanol–water partition coefficient (Wildman–Crippen LogP) is 8.19. The Bertz CT molecular complexity index is 1120. The van der Waals surface area contributed by atoms with Gasteiger partial charge < -0.3 is 4.74 Å². The molecule has 0 fully saturated rings. The van der Waals surface area contributed by atoms with Crippen LogP contribution in [0.15, 0.2) is 59.1 Å².